The molecule has 0 atom stereocenters. The zero-order valence-electron chi connectivity index (χ0n) is 11.2. The van der Waals surface area contributed by atoms with E-state index < -0.39 is 12.6 Å². The maximum atomic E-state index is 11.9. The van der Waals surface area contributed by atoms with E-state index in [1.54, 1.807) is 0 Å². The minimum Gasteiger partial charge on any atom is -0.481 e. The number of ether oxygens (including phenoxy) is 1. The molecule has 1 N–H and O–H groups in total. The molecule has 0 aliphatic rings. The van der Waals surface area contributed by atoms with Crippen molar-refractivity contribution in [1.29, 1.82) is 0 Å². The van der Waals surface area contributed by atoms with Gasteiger partial charge in [0.15, 0.2) is 0 Å². The van der Waals surface area contributed by atoms with E-state index in [2.05, 4.69) is 11.2 Å². The minimum absolute atomic E-state index is 0.145. The van der Waals surface area contributed by atoms with Crippen molar-refractivity contribution < 1.29 is 17.9 Å². The third-order valence-electron chi connectivity index (χ3n) is 2.66. The summed E-state index contributed by atoms with van der Waals surface area (Å²) in [5.41, 5.74) is 0.943. The number of halogens is 3. The van der Waals surface area contributed by atoms with E-state index in [1.165, 1.54) is 0 Å². The average molecular weight is 285 g/mol. The van der Waals surface area contributed by atoms with Crippen LogP contribution in [0.25, 0.3) is 0 Å². The number of terminal acetylenes is 1. The van der Waals surface area contributed by atoms with E-state index in [4.69, 9.17) is 11.2 Å². The molecule has 2 nitrogen and oxygen atoms in total. The molecule has 1 rings (SSSR count). The number of unbranched alkanes of at least 4 members (excludes halogenated alkanes) is 1. The van der Waals surface area contributed by atoms with Crippen LogP contribution in [-0.4, -0.2) is 19.3 Å². The largest absolute Gasteiger partial charge is 0.481 e. The lowest BCUT2D eigenvalue weighted by atomic mass is 10.2. The van der Waals surface area contributed by atoms with Crippen LogP contribution in [0, 0.1) is 12.3 Å². The Labute approximate surface area is 117 Å². The van der Waals surface area contributed by atoms with Crippen LogP contribution in [0.5, 0.6) is 5.75 Å². The first-order valence-electron chi connectivity index (χ1n) is 6.44. The summed E-state index contributed by atoms with van der Waals surface area (Å²) in [5, 5.41) is 3.11. The maximum Gasteiger partial charge on any atom is 0.389 e. The molecule has 0 bridgehead atoms. The van der Waals surface area contributed by atoms with Gasteiger partial charge in [0.05, 0.1) is 0 Å². The summed E-state index contributed by atoms with van der Waals surface area (Å²) in [4.78, 5) is 0. The Balaban J connectivity index is 2.26. The van der Waals surface area contributed by atoms with Gasteiger partial charge in [0.2, 0.25) is 0 Å². The first kappa shape index (κ1) is 16.4. The summed E-state index contributed by atoms with van der Waals surface area (Å²) in [6, 6.07) is 7.44. The molecule has 0 heterocycles. The van der Waals surface area contributed by atoms with Gasteiger partial charge >= 0.3 is 6.18 Å². The first-order chi connectivity index (χ1) is 9.53. The first-order valence-corrected chi connectivity index (χ1v) is 6.44. The molecule has 110 valence electrons. The minimum atomic E-state index is -4.06. The highest BCUT2D eigenvalue weighted by Crippen LogP contribution is 2.22. The Morgan fingerprint density at radius 2 is 1.95 bits per heavy atom. The molecule has 1 aromatic carbocycles. The maximum absolute atomic E-state index is 11.9. The number of hydrogen-bond donors (Lipinski definition) is 1. The molecule has 0 amide bonds. The molecular formula is C15H18F3NO. The van der Waals surface area contributed by atoms with Gasteiger partial charge in [-0.3, -0.25) is 0 Å². The molecule has 0 saturated heterocycles. The van der Waals surface area contributed by atoms with Gasteiger partial charge in [0.1, 0.15) is 12.4 Å². The highest BCUT2D eigenvalue weighted by molar-refractivity contribution is 5.33. The molecule has 0 spiro atoms. The number of rotatable bonds is 8. The van der Waals surface area contributed by atoms with Crippen molar-refractivity contribution in [2.45, 2.75) is 32.0 Å². The van der Waals surface area contributed by atoms with Crippen molar-refractivity contribution in [2.24, 2.45) is 0 Å². The van der Waals surface area contributed by atoms with E-state index in [0.29, 0.717) is 25.3 Å². The van der Waals surface area contributed by atoms with E-state index in [1.807, 2.05) is 24.3 Å². The zero-order valence-corrected chi connectivity index (χ0v) is 11.2. The normalized spacial score (nSPS) is 11.1. The monoisotopic (exact) mass is 285 g/mol. The van der Waals surface area contributed by atoms with Crippen molar-refractivity contribution in [3.05, 3.63) is 29.8 Å². The molecule has 0 saturated carbocycles. The zero-order chi connectivity index (χ0) is 14.8. The van der Waals surface area contributed by atoms with Crippen molar-refractivity contribution in [3.63, 3.8) is 0 Å². The van der Waals surface area contributed by atoms with E-state index >= 15 is 0 Å². The highest BCUT2D eigenvalue weighted by Gasteiger charge is 2.25. The molecular weight excluding hydrogens is 267 g/mol. The number of nitrogens with one attached hydrogen (secondary N) is 1. The second-order valence-electron chi connectivity index (χ2n) is 4.35. The quantitative estimate of drug-likeness (QED) is 0.583. The number of para-hydroxylation sites is 1. The van der Waals surface area contributed by atoms with Crippen LogP contribution in [0.3, 0.4) is 0 Å². The van der Waals surface area contributed by atoms with Gasteiger partial charge in [-0.05, 0) is 25.5 Å². The molecule has 20 heavy (non-hydrogen) atoms. The average Bonchev–Trinajstić information content (AvgIpc) is 2.40. The lowest BCUT2D eigenvalue weighted by Gasteiger charge is -2.11. The summed E-state index contributed by atoms with van der Waals surface area (Å²) in [6.45, 7) is 1.29. The molecule has 0 unspecified atom stereocenters. The van der Waals surface area contributed by atoms with Crippen LogP contribution >= 0.6 is 0 Å². The molecule has 5 heteroatoms. The van der Waals surface area contributed by atoms with Crippen molar-refractivity contribution >= 4 is 0 Å². The third-order valence-corrected chi connectivity index (χ3v) is 2.66. The summed E-state index contributed by atoms with van der Waals surface area (Å²) in [7, 11) is 0. The Bertz CT molecular complexity index is 437. The van der Waals surface area contributed by atoms with Gasteiger partial charge in [-0.2, -0.15) is 13.2 Å². The Morgan fingerprint density at radius 1 is 1.20 bits per heavy atom. The van der Waals surface area contributed by atoms with Gasteiger partial charge < -0.3 is 10.1 Å². The molecule has 0 aromatic heterocycles. The smallest absolute Gasteiger partial charge is 0.389 e. The predicted molar refractivity (Wildman–Crippen MR) is 72.4 cm³/mol. The van der Waals surface area contributed by atoms with Crippen LogP contribution in [0.4, 0.5) is 13.2 Å². The standard InChI is InChI=1S/C15H18F3NO/c1-2-11-20-14-8-4-3-7-13(14)12-19-10-6-5-9-15(16,17)18/h1,3-4,7-8,19H,5-6,9-12H2. The van der Waals surface area contributed by atoms with Crippen LogP contribution < -0.4 is 10.1 Å². The molecule has 0 aliphatic heterocycles. The van der Waals surface area contributed by atoms with Crippen LogP contribution in [0.2, 0.25) is 0 Å². The number of benzene rings is 1. The van der Waals surface area contributed by atoms with E-state index in [0.717, 1.165) is 5.56 Å². The molecule has 0 aliphatic carbocycles. The fourth-order valence-electron chi connectivity index (χ4n) is 1.71. The van der Waals surface area contributed by atoms with Crippen molar-refractivity contribution in [1.82, 2.24) is 5.32 Å². The lowest BCUT2D eigenvalue weighted by Crippen LogP contribution is -2.16. The van der Waals surface area contributed by atoms with Gasteiger partial charge in [0.25, 0.3) is 0 Å². The fourth-order valence-corrected chi connectivity index (χ4v) is 1.71. The highest BCUT2D eigenvalue weighted by atomic mass is 19.4. The van der Waals surface area contributed by atoms with Crippen LogP contribution in [-0.2, 0) is 6.54 Å². The van der Waals surface area contributed by atoms with Gasteiger partial charge in [-0.1, -0.05) is 24.1 Å². The summed E-state index contributed by atoms with van der Waals surface area (Å²) >= 11 is 0. The van der Waals surface area contributed by atoms with Gasteiger partial charge in [0, 0.05) is 18.5 Å². The summed E-state index contributed by atoms with van der Waals surface area (Å²) in [5.74, 6) is 3.09. The number of alkyl halides is 3. The number of hydrogen-bond acceptors (Lipinski definition) is 2. The summed E-state index contributed by atoms with van der Waals surface area (Å²) < 4.78 is 41.2. The SMILES string of the molecule is C#CCOc1ccccc1CNCCCCC(F)(F)F. The van der Waals surface area contributed by atoms with Crippen LogP contribution in [0.1, 0.15) is 24.8 Å². The summed E-state index contributed by atoms with van der Waals surface area (Å²) in [6.07, 6.45) is 0.986. The second kappa shape index (κ2) is 8.49. The van der Waals surface area contributed by atoms with Gasteiger partial charge in [-0.25, -0.2) is 0 Å². The lowest BCUT2D eigenvalue weighted by molar-refractivity contribution is -0.135. The Hall–Kier alpha value is -1.67. The molecule has 1 aromatic rings. The Kier molecular flexibility index (Phi) is 6.96. The second-order valence-corrected chi connectivity index (χ2v) is 4.35. The Morgan fingerprint density at radius 3 is 2.65 bits per heavy atom. The van der Waals surface area contributed by atoms with E-state index in [9.17, 15) is 13.2 Å². The van der Waals surface area contributed by atoms with Crippen molar-refractivity contribution in [3.8, 4) is 18.1 Å². The van der Waals surface area contributed by atoms with Crippen molar-refractivity contribution in [2.75, 3.05) is 13.2 Å². The topological polar surface area (TPSA) is 21.3 Å². The third kappa shape index (κ3) is 7.05. The fraction of sp³-hybridized carbons (Fsp3) is 0.467. The predicted octanol–water partition coefficient (Wildman–Crippen LogP) is 3.52. The molecule has 0 radical (unpaired) electrons. The van der Waals surface area contributed by atoms with E-state index in [-0.39, 0.29) is 13.0 Å². The molecule has 0 fully saturated rings. The van der Waals surface area contributed by atoms with Crippen LogP contribution in [0.15, 0.2) is 24.3 Å². The van der Waals surface area contributed by atoms with Gasteiger partial charge in [-0.15, -0.1) is 6.42 Å².